The van der Waals surface area contributed by atoms with Gasteiger partial charge in [-0.3, -0.25) is 9.78 Å². The van der Waals surface area contributed by atoms with Crippen LogP contribution in [-0.2, 0) is 21.4 Å². The van der Waals surface area contributed by atoms with Crippen LogP contribution in [0.2, 0.25) is 5.02 Å². The Bertz CT molecular complexity index is 1540. The van der Waals surface area contributed by atoms with E-state index in [0.29, 0.717) is 11.6 Å². The fraction of sp³-hybridized carbons (Fsp3) is 0.185. The number of sulfonamides is 1. The number of hydrogen-bond donors (Lipinski definition) is 2. The predicted molar refractivity (Wildman–Crippen MR) is 146 cm³/mol. The summed E-state index contributed by atoms with van der Waals surface area (Å²) in [6.07, 6.45) is 3.69. The van der Waals surface area contributed by atoms with Crippen LogP contribution >= 0.6 is 22.9 Å². The molecule has 1 saturated carbocycles. The van der Waals surface area contributed by atoms with E-state index >= 15 is 0 Å². The first-order valence-corrected chi connectivity index (χ1v) is 14.2. The minimum absolute atomic E-state index is 0.0636. The number of aliphatic carboxylic acids is 1. The van der Waals surface area contributed by atoms with E-state index in [1.165, 1.54) is 6.07 Å². The number of hydrogen-bond acceptors (Lipinski definition) is 6. The maximum absolute atomic E-state index is 13.2. The number of nitrogens with one attached hydrogen (secondary N) is 1. The minimum Gasteiger partial charge on any atom is -0.480 e. The number of carboxylic acid groups (broad SMARTS) is 1. The van der Waals surface area contributed by atoms with E-state index < -0.39 is 27.4 Å². The number of benzene rings is 2. The molecule has 0 spiro atoms. The largest absolute Gasteiger partial charge is 0.480 e. The van der Waals surface area contributed by atoms with Gasteiger partial charge in [0, 0.05) is 47.5 Å². The summed E-state index contributed by atoms with van der Waals surface area (Å²) in [6, 6.07) is 21.7. The lowest BCUT2D eigenvalue weighted by atomic mass is 10.1. The average Bonchev–Trinajstić information content (AvgIpc) is 3.38. The van der Waals surface area contributed by atoms with Gasteiger partial charge in [0.25, 0.3) is 10.0 Å². The molecule has 190 valence electrons. The summed E-state index contributed by atoms with van der Waals surface area (Å²) in [6.45, 7) is 0.632. The molecule has 10 heteroatoms. The van der Waals surface area contributed by atoms with E-state index in [9.17, 15) is 18.3 Å². The van der Waals surface area contributed by atoms with Gasteiger partial charge in [-0.2, -0.15) is 4.72 Å². The molecule has 0 radical (unpaired) electrons. The van der Waals surface area contributed by atoms with Crippen molar-refractivity contribution in [2.24, 2.45) is 0 Å². The van der Waals surface area contributed by atoms with Crippen molar-refractivity contribution in [3.05, 3.63) is 101 Å². The number of aromatic nitrogens is 1. The van der Waals surface area contributed by atoms with Crippen molar-refractivity contribution in [2.75, 3.05) is 11.9 Å². The summed E-state index contributed by atoms with van der Waals surface area (Å²) < 4.78 is 29.1. The molecule has 1 aliphatic carbocycles. The van der Waals surface area contributed by atoms with E-state index in [1.807, 2.05) is 60.5 Å². The molecule has 0 aliphatic heterocycles. The number of nitrogens with zero attached hydrogens (tertiary/aromatic N) is 2. The van der Waals surface area contributed by atoms with Crippen LogP contribution in [0.3, 0.4) is 0 Å². The average molecular weight is 554 g/mol. The van der Waals surface area contributed by atoms with Gasteiger partial charge in [-0.15, -0.1) is 11.3 Å². The van der Waals surface area contributed by atoms with Gasteiger partial charge < -0.3 is 10.0 Å². The Morgan fingerprint density at radius 2 is 1.95 bits per heavy atom. The highest BCUT2D eigenvalue weighted by Crippen LogP contribution is 2.53. The highest BCUT2D eigenvalue weighted by Gasteiger charge is 2.63. The number of halogens is 1. The smallest absolute Gasteiger partial charge is 0.325 e. The molecule has 5 rings (SSSR count). The number of carboxylic acids is 1. The van der Waals surface area contributed by atoms with Gasteiger partial charge in [-0.05, 0) is 65.6 Å². The van der Waals surface area contributed by atoms with Crippen molar-refractivity contribution >= 4 is 44.6 Å². The van der Waals surface area contributed by atoms with E-state index in [4.69, 9.17) is 11.6 Å². The number of rotatable bonds is 9. The first-order valence-electron chi connectivity index (χ1n) is 11.5. The Labute approximate surface area is 224 Å². The summed E-state index contributed by atoms with van der Waals surface area (Å²) in [7, 11) is -2.11. The maximum Gasteiger partial charge on any atom is 0.325 e. The van der Waals surface area contributed by atoms with E-state index in [0.717, 1.165) is 38.6 Å². The van der Waals surface area contributed by atoms with Crippen molar-refractivity contribution in [1.29, 1.82) is 0 Å². The Morgan fingerprint density at radius 1 is 1.16 bits per heavy atom. The van der Waals surface area contributed by atoms with Gasteiger partial charge in [0.2, 0.25) is 0 Å². The number of carbonyl (C=O) groups is 1. The topological polar surface area (TPSA) is 99.6 Å². The second-order valence-electron chi connectivity index (χ2n) is 9.08. The third-order valence-electron chi connectivity index (χ3n) is 6.49. The van der Waals surface area contributed by atoms with Crippen LogP contribution < -0.4 is 9.62 Å². The second kappa shape index (κ2) is 9.90. The summed E-state index contributed by atoms with van der Waals surface area (Å²) in [5.41, 5.74) is 1.96. The van der Waals surface area contributed by atoms with Crippen molar-refractivity contribution in [3.63, 3.8) is 0 Å². The van der Waals surface area contributed by atoms with Crippen LogP contribution in [0.15, 0.2) is 89.4 Å². The van der Waals surface area contributed by atoms with Gasteiger partial charge in [0.1, 0.15) is 9.75 Å². The van der Waals surface area contributed by atoms with Crippen LogP contribution in [-0.4, -0.2) is 37.1 Å². The molecule has 2 aromatic heterocycles. The van der Waals surface area contributed by atoms with Crippen LogP contribution in [0.25, 0.3) is 10.4 Å². The zero-order valence-corrected chi connectivity index (χ0v) is 22.2. The van der Waals surface area contributed by atoms with Crippen molar-refractivity contribution in [2.45, 2.75) is 28.6 Å². The summed E-state index contributed by atoms with van der Waals surface area (Å²) >= 11 is 7.04. The van der Waals surface area contributed by atoms with Crippen molar-refractivity contribution in [1.82, 2.24) is 9.71 Å². The molecule has 2 heterocycles. The normalized spacial score (nSPS) is 18.9. The Hall–Kier alpha value is -3.24. The van der Waals surface area contributed by atoms with E-state index in [-0.39, 0.29) is 10.6 Å². The zero-order chi connectivity index (χ0) is 26.2. The summed E-state index contributed by atoms with van der Waals surface area (Å²) in [5.74, 6) is -1.67. The van der Waals surface area contributed by atoms with E-state index in [2.05, 4.69) is 9.71 Å². The van der Waals surface area contributed by atoms with Gasteiger partial charge in [-0.25, -0.2) is 8.42 Å². The fourth-order valence-electron chi connectivity index (χ4n) is 4.42. The summed E-state index contributed by atoms with van der Waals surface area (Å²) in [5, 5.41) is 10.7. The predicted octanol–water partition coefficient (Wildman–Crippen LogP) is 5.39. The van der Waals surface area contributed by atoms with Gasteiger partial charge >= 0.3 is 5.97 Å². The molecule has 4 aromatic rings. The van der Waals surface area contributed by atoms with Crippen LogP contribution in [0, 0.1) is 0 Å². The molecule has 2 N–H and O–H groups in total. The van der Waals surface area contributed by atoms with Gasteiger partial charge in [0.15, 0.2) is 0 Å². The molecule has 37 heavy (non-hydrogen) atoms. The molecule has 0 bridgehead atoms. The zero-order valence-electron chi connectivity index (χ0n) is 19.8. The molecular formula is C27H24ClN3O4S2. The third-order valence-corrected chi connectivity index (χ3v) is 9.88. The molecule has 2 atom stereocenters. The van der Waals surface area contributed by atoms with Crippen LogP contribution in [0.4, 0.5) is 5.69 Å². The standard InChI is InChI=1S/C27H24ClN3O4S2/c1-31(17-18-4-3-13-29-16-18)22-6-2-5-20(14-22)23-15-27(23,26(32)33)30-37(34,35)25-12-11-24(36-25)19-7-9-21(28)10-8-19/h2-14,16,23,30H,15,17H2,1H3,(H,32,33). The molecule has 2 unspecified atom stereocenters. The van der Waals surface area contributed by atoms with Gasteiger partial charge in [-0.1, -0.05) is 41.9 Å². The molecule has 7 nitrogen and oxygen atoms in total. The SMILES string of the molecule is CN(Cc1cccnc1)c1cccc(C2CC2(NS(=O)(=O)c2ccc(-c3ccc(Cl)cc3)s2)C(=O)O)c1. The first-order chi connectivity index (χ1) is 17.7. The molecular weight excluding hydrogens is 530 g/mol. The number of anilines is 1. The molecule has 0 saturated heterocycles. The lowest BCUT2D eigenvalue weighted by molar-refractivity contribution is -0.140. The molecule has 1 fully saturated rings. The second-order valence-corrected chi connectivity index (χ2v) is 12.5. The monoisotopic (exact) mass is 553 g/mol. The molecule has 1 aliphatic rings. The van der Waals surface area contributed by atoms with Crippen molar-refractivity contribution in [3.8, 4) is 10.4 Å². The first kappa shape index (κ1) is 25.4. The lowest BCUT2D eigenvalue weighted by Gasteiger charge is -2.20. The maximum atomic E-state index is 13.2. The fourth-order valence-corrected chi connectivity index (χ4v) is 7.26. The highest BCUT2D eigenvalue weighted by molar-refractivity contribution is 7.91. The molecule has 0 amide bonds. The van der Waals surface area contributed by atoms with Crippen molar-refractivity contribution < 1.29 is 18.3 Å². The Morgan fingerprint density at radius 3 is 2.65 bits per heavy atom. The Balaban J connectivity index is 1.35. The lowest BCUT2D eigenvalue weighted by Crippen LogP contribution is -2.44. The highest BCUT2D eigenvalue weighted by atomic mass is 35.5. The third kappa shape index (κ3) is 5.26. The van der Waals surface area contributed by atoms with Crippen LogP contribution in [0.5, 0.6) is 0 Å². The number of pyridine rings is 1. The van der Waals surface area contributed by atoms with E-state index in [1.54, 1.807) is 30.6 Å². The minimum atomic E-state index is -4.06. The summed E-state index contributed by atoms with van der Waals surface area (Å²) in [4.78, 5) is 19.3. The van der Waals surface area contributed by atoms with Gasteiger partial charge in [0.05, 0.1) is 0 Å². The van der Waals surface area contributed by atoms with Crippen LogP contribution in [0.1, 0.15) is 23.5 Å². The molecule has 2 aromatic carbocycles. The number of thiophene rings is 1. The Kier molecular flexibility index (Phi) is 6.80. The quantitative estimate of drug-likeness (QED) is 0.288.